The van der Waals surface area contributed by atoms with Crippen molar-refractivity contribution in [2.24, 2.45) is 5.92 Å². The largest absolute Gasteiger partial charge is 0.350 e. The number of carbonyl (C=O) groups excluding carboxylic acids is 2. The van der Waals surface area contributed by atoms with Gasteiger partial charge in [-0.05, 0) is 57.7 Å². The van der Waals surface area contributed by atoms with Crippen molar-refractivity contribution >= 4 is 17.9 Å². The number of amides is 2. The second kappa shape index (κ2) is 10.2. The molecule has 2 amide bonds. The number of rotatable bonds is 5. The van der Waals surface area contributed by atoms with E-state index >= 15 is 0 Å². The summed E-state index contributed by atoms with van der Waals surface area (Å²) in [5.74, 6) is 0.463. The van der Waals surface area contributed by atoms with Crippen LogP contribution in [0.5, 0.6) is 0 Å². The highest BCUT2D eigenvalue weighted by molar-refractivity contribution is 5.92. The molecule has 1 N–H and O–H groups in total. The molecule has 32 heavy (non-hydrogen) atoms. The first-order chi connectivity index (χ1) is 15.5. The van der Waals surface area contributed by atoms with Gasteiger partial charge >= 0.3 is 0 Å². The van der Waals surface area contributed by atoms with E-state index in [1.807, 2.05) is 59.8 Å². The smallest absolute Gasteiger partial charge is 0.244 e. The van der Waals surface area contributed by atoms with E-state index in [1.165, 1.54) is 19.3 Å². The monoisotopic (exact) mass is 434 g/mol. The molecular weight excluding hydrogens is 400 g/mol. The molecule has 0 unspecified atom stereocenters. The first-order valence-electron chi connectivity index (χ1n) is 11.9. The van der Waals surface area contributed by atoms with Gasteiger partial charge < -0.3 is 10.2 Å². The fourth-order valence-electron chi connectivity index (χ4n) is 4.98. The molecule has 1 aromatic heterocycles. The molecule has 1 aliphatic heterocycles. The molecule has 2 aromatic rings. The summed E-state index contributed by atoms with van der Waals surface area (Å²) in [5.41, 5.74) is 3.88. The van der Waals surface area contributed by atoms with E-state index < -0.39 is 0 Å². The van der Waals surface area contributed by atoms with Crippen LogP contribution in [0.15, 0.2) is 36.4 Å². The number of piperidine rings is 1. The van der Waals surface area contributed by atoms with Crippen LogP contribution < -0.4 is 5.32 Å². The molecule has 0 bridgehead atoms. The third-order valence-corrected chi connectivity index (χ3v) is 6.86. The van der Waals surface area contributed by atoms with Gasteiger partial charge in [-0.2, -0.15) is 5.10 Å². The van der Waals surface area contributed by atoms with Crippen molar-refractivity contribution in [3.05, 3.63) is 53.4 Å². The SMILES string of the molecule is Cc1nn(-c2ccccc2)c(C)c1/C=C/C(=O)NC1CCN(C(=O)C2CCCCC2)CC1. The van der Waals surface area contributed by atoms with Crippen molar-refractivity contribution in [2.45, 2.75) is 64.8 Å². The number of aromatic nitrogens is 2. The summed E-state index contributed by atoms with van der Waals surface area (Å²) >= 11 is 0. The Labute approximate surface area is 190 Å². The van der Waals surface area contributed by atoms with Crippen LogP contribution in [0.25, 0.3) is 11.8 Å². The van der Waals surface area contributed by atoms with Crippen molar-refractivity contribution < 1.29 is 9.59 Å². The van der Waals surface area contributed by atoms with E-state index in [0.29, 0.717) is 5.91 Å². The van der Waals surface area contributed by atoms with Crippen molar-refractivity contribution in [3.8, 4) is 5.69 Å². The quantitative estimate of drug-likeness (QED) is 0.718. The number of carbonyl (C=O) groups is 2. The molecule has 4 rings (SSSR count). The summed E-state index contributed by atoms with van der Waals surface area (Å²) in [6, 6.07) is 10.1. The summed E-state index contributed by atoms with van der Waals surface area (Å²) in [6.45, 7) is 5.46. The van der Waals surface area contributed by atoms with Crippen molar-refractivity contribution in [1.29, 1.82) is 0 Å². The number of hydrogen-bond donors (Lipinski definition) is 1. The first kappa shape index (κ1) is 22.3. The lowest BCUT2D eigenvalue weighted by molar-refractivity contribution is -0.137. The second-order valence-electron chi connectivity index (χ2n) is 9.11. The average molecular weight is 435 g/mol. The van der Waals surface area contributed by atoms with Crippen LogP contribution >= 0.6 is 0 Å². The number of benzene rings is 1. The predicted molar refractivity (Wildman–Crippen MR) is 126 cm³/mol. The summed E-state index contributed by atoms with van der Waals surface area (Å²) in [6.07, 6.45) is 10.8. The lowest BCUT2D eigenvalue weighted by Crippen LogP contribution is -2.48. The second-order valence-corrected chi connectivity index (χ2v) is 9.11. The summed E-state index contributed by atoms with van der Waals surface area (Å²) in [5, 5.41) is 7.75. The van der Waals surface area contributed by atoms with E-state index in [2.05, 4.69) is 10.4 Å². The van der Waals surface area contributed by atoms with Gasteiger partial charge in [0.25, 0.3) is 0 Å². The molecule has 1 aromatic carbocycles. The minimum absolute atomic E-state index is 0.0895. The molecule has 6 nitrogen and oxygen atoms in total. The van der Waals surface area contributed by atoms with Gasteiger partial charge in [-0.3, -0.25) is 9.59 Å². The molecular formula is C26H34N4O2. The van der Waals surface area contributed by atoms with E-state index in [1.54, 1.807) is 6.08 Å². The molecule has 1 aliphatic carbocycles. The van der Waals surface area contributed by atoms with Crippen molar-refractivity contribution in [3.63, 3.8) is 0 Å². The van der Waals surface area contributed by atoms with Crippen LogP contribution in [0.2, 0.25) is 0 Å². The van der Waals surface area contributed by atoms with Crippen molar-refractivity contribution in [2.75, 3.05) is 13.1 Å². The van der Waals surface area contributed by atoms with Gasteiger partial charge in [-0.25, -0.2) is 4.68 Å². The number of hydrogen-bond acceptors (Lipinski definition) is 3. The maximum absolute atomic E-state index is 12.7. The number of para-hydroxylation sites is 1. The number of aryl methyl sites for hydroxylation is 1. The lowest BCUT2D eigenvalue weighted by Gasteiger charge is -2.35. The van der Waals surface area contributed by atoms with Crippen LogP contribution in [0, 0.1) is 19.8 Å². The average Bonchev–Trinajstić information content (AvgIpc) is 3.12. The third kappa shape index (κ3) is 5.12. The molecule has 0 radical (unpaired) electrons. The van der Waals surface area contributed by atoms with Crippen LogP contribution in [0.3, 0.4) is 0 Å². The topological polar surface area (TPSA) is 67.2 Å². The molecule has 170 valence electrons. The number of nitrogens with one attached hydrogen (secondary N) is 1. The van der Waals surface area contributed by atoms with Gasteiger partial charge in [0.15, 0.2) is 0 Å². The molecule has 0 atom stereocenters. The molecule has 1 saturated heterocycles. The van der Waals surface area contributed by atoms with E-state index in [9.17, 15) is 9.59 Å². The van der Waals surface area contributed by atoms with Gasteiger partial charge in [0.1, 0.15) is 0 Å². The highest BCUT2D eigenvalue weighted by Gasteiger charge is 2.29. The maximum atomic E-state index is 12.7. The Bertz CT molecular complexity index is 965. The molecule has 0 spiro atoms. The van der Waals surface area contributed by atoms with Crippen LogP contribution in [0.4, 0.5) is 0 Å². The fraction of sp³-hybridized carbons (Fsp3) is 0.500. The van der Waals surface area contributed by atoms with Gasteiger partial charge in [0.2, 0.25) is 11.8 Å². The minimum atomic E-state index is -0.0895. The summed E-state index contributed by atoms with van der Waals surface area (Å²) in [7, 11) is 0. The van der Waals surface area contributed by atoms with Gasteiger partial charge in [0, 0.05) is 42.4 Å². The Balaban J connectivity index is 1.30. The normalized spacial score (nSPS) is 18.2. The molecule has 1 saturated carbocycles. The molecule has 2 fully saturated rings. The highest BCUT2D eigenvalue weighted by Crippen LogP contribution is 2.26. The van der Waals surface area contributed by atoms with Crippen LogP contribution in [0.1, 0.15) is 61.9 Å². The van der Waals surface area contributed by atoms with Crippen LogP contribution in [-0.4, -0.2) is 45.6 Å². The zero-order valence-corrected chi connectivity index (χ0v) is 19.2. The lowest BCUT2D eigenvalue weighted by atomic mass is 9.87. The third-order valence-electron chi connectivity index (χ3n) is 6.86. The van der Waals surface area contributed by atoms with Crippen molar-refractivity contribution in [1.82, 2.24) is 20.0 Å². The summed E-state index contributed by atoms with van der Waals surface area (Å²) < 4.78 is 1.91. The highest BCUT2D eigenvalue weighted by atomic mass is 16.2. The predicted octanol–water partition coefficient (Wildman–Crippen LogP) is 4.19. The number of likely N-dealkylation sites (tertiary alicyclic amines) is 1. The van der Waals surface area contributed by atoms with Gasteiger partial charge in [-0.1, -0.05) is 37.5 Å². The van der Waals surface area contributed by atoms with E-state index in [0.717, 1.165) is 61.4 Å². The Morgan fingerprint density at radius 2 is 1.69 bits per heavy atom. The van der Waals surface area contributed by atoms with E-state index in [4.69, 9.17) is 0 Å². The maximum Gasteiger partial charge on any atom is 0.244 e. The van der Waals surface area contributed by atoms with Crippen LogP contribution in [-0.2, 0) is 9.59 Å². The fourth-order valence-corrected chi connectivity index (χ4v) is 4.98. The minimum Gasteiger partial charge on any atom is -0.350 e. The summed E-state index contributed by atoms with van der Waals surface area (Å²) in [4.78, 5) is 27.3. The Kier molecular flexibility index (Phi) is 7.08. The Hall–Kier alpha value is -2.89. The van der Waals surface area contributed by atoms with E-state index in [-0.39, 0.29) is 17.9 Å². The van der Waals surface area contributed by atoms with Gasteiger partial charge in [0.05, 0.1) is 11.4 Å². The molecule has 2 heterocycles. The zero-order valence-electron chi connectivity index (χ0n) is 19.2. The first-order valence-corrected chi connectivity index (χ1v) is 11.9. The Morgan fingerprint density at radius 3 is 2.38 bits per heavy atom. The Morgan fingerprint density at radius 1 is 1.00 bits per heavy atom. The molecule has 6 heteroatoms. The standard InChI is InChI=1S/C26H34N4O2/c1-19-24(20(2)30(28-19)23-11-7-4-8-12-23)13-14-25(31)27-22-15-17-29(18-16-22)26(32)21-9-5-3-6-10-21/h4,7-8,11-14,21-22H,3,5-6,9-10,15-18H2,1-2H3,(H,27,31)/b14-13+. The molecule has 2 aliphatic rings. The zero-order chi connectivity index (χ0) is 22.5. The number of nitrogens with zero attached hydrogens (tertiary/aromatic N) is 3. The van der Waals surface area contributed by atoms with Gasteiger partial charge in [-0.15, -0.1) is 0 Å².